The quantitative estimate of drug-likeness (QED) is 0.921. The van der Waals surface area contributed by atoms with E-state index in [0.29, 0.717) is 0 Å². The molecule has 0 radical (unpaired) electrons. The molecule has 2 unspecified atom stereocenters. The number of nitrogens with zero attached hydrogens (tertiary/aromatic N) is 3. The second-order valence-electron chi connectivity index (χ2n) is 5.86. The molecule has 1 fully saturated rings. The fourth-order valence-electron chi connectivity index (χ4n) is 2.42. The van der Waals surface area contributed by atoms with E-state index in [9.17, 15) is 4.79 Å². The third-order valence-electron chi connectivity index (χ3n) is 4.42. The molecule has 0 aliphatic carbocycles. The second kappa shape index (κ2) is 6.75. The molecule has 2 N–H and O–H groups in total. The Morgan fingerprint density at radius 3 is 2.43 bits per heavy atom. The van der Waals surface area contributed by atoms with Gasteiger partial charge in [0.25, 0.3) is 0 Å². The molecule has 1 amide bonds. The molecule has 2 atom stereocenters. The number of aryl methyl sites for hydroxylation is 2. The first-order valence-electron chi connectivity index (χ1n) is 7.67. The summed E-state index contributed by atoms with van der Waals surface area (Å²) in [6.07, 6.45) is 0.935. The molecule has 118 valence electrons. The Hall–Kier alpha value is -1.14. The normalized spacial score (nSPS) is 18.7. The zero-order valence-electron chi connectivity index (χ0n) is 13.4. The highest BCUT2D eigenvalue weighted by molar-refractivity contribution is 7.15. The van der Waals surface area contributed by atoms with Crippen LogP contribution in [0.3, 0.4) is 0 Å². The lowest BCUT2D eigenvalue weighted by atomic mass is 9.98. The molecule has 2 heterocycles. The zero-order chi connectivity index (χ0) is 15.6. The minimum atomic E-state index is -0.370. The van der Waals surface area contributed by atoms with Crippen molar-refractivity contribution in [1.82, 2.24) is 9.88 Å². The lowest BCUT2D eigenvalue weighted by Crippen LogP contribution is -2.54. The number of nitrogens with two attached hydrogens (primary N) is 1. The standard InChI is InChI=1S/C15H26N4OS/c1-5-10(2)13(16)14(20)18-6-8-19(9-7-18)15-17-11(3)12(4)21-15/h10,13H,5-9,16H2,1-4H3. The number of carbonyl (C=O) groups excluding carboxylic acids is 1. The van der Waals surface area contributed by atoms with Gasteiger partial charge in [0.1, 0.15) is 0 Å². The maximum atomic E-state index is 12.4. The van der Waals surface area contributed by atoms with Gasteiger partial charge in [0.15, 0.2) is 5.13 Å². The molecule has 0 spiro atoms. The average Bonchev–Trinajstić information content (AvgIpc) is 2.84. The topological polar surface area (TPSA) is 62.5 Å². The van der Waals surface area contributed by atoms with Crippen molar-refractivity contribution >= 4 is 22.4 Å². The van der Waals surface area contributed by atoms with Crippen LogP contribution in [-0.2, 0) is 4.79 Å². The summed E-state index contributed by atoms with van der Waals surface area (Å²) in [6, 6.07) is -0.370. The molecule has 21 heavy (non-hydrogen) atoms. The SMILES string of the molecule is CCC(C)C(N)C(=O)N1CCN(c2nc(C)c(C)s2)CC1. The van der Waals surface area contributed by atoms with Crippen molar-refractivity contribution in [1.29, 1.82) is 0 Å². The minimum Gasteiger partial charge on any atom is -0.345 e. The Kier molecular flexibility index (Phi) is 5.22. The molecule has 1 aromatic rings. The first-order chi connectivity index (χ1) is 9.93. The van der Waals surface area contributed by atoms with Gasteiger partial charge in [-0.3, -0.25) is 4.79 Å². The van der Waals surface area contributed by atoms with Crippen molar-refractivity contribution in [3.8, 4) is 0 Å². The van der Waals surface area contributed by atoms with Gasteiger partial charge in [0.2, 0.25) is 5.91 Å². The summed E-state index contributed by atoms with van der Waals surface area (Å²) in [4.78, 5) is 22.4. The van der Waals surface area contributed by atoms with E-state index in [-0.39, 0.29) is 17.9 Å². The Balaban J connectivity index is 1.92. The molecule has 1 aliphatic rings. The van der Waals surface area contributed by atoms with Gasteiger partial charge >= 0.3 is 0 Å². The minimum absolute atomic E-state index is 0.0931. The monoisotopic (exact) mass is 310 g/mol. The lowest BCUT2D eigenvalue weighted by molar-refractivity contribution is -0.134. The Morgan fingerprint density at radius 1 is 1.33 bits per heavy atom. The largest absolute Gasteiger partial charge is 0.345 e. The number of rotatable bonds is 4. The zero-order valence-corrected chi connectivity index (χ0v) is 14.2. The molecule has 1 aromatic heterocycles. The Labute approximate surface area is 131 Å². The summed E-state index contributed by atoms with van der Waals surface area (Å²) in [7, 11) is 0. The van der Waals surface area contributed by atoms with E-state index in [1.807, 2.05) is 18.7 Å². The first kappa shape index (κ1) is 16.2. The van der Waals surface area contributed by atoms with Gasteiger partial charge in [-0.1, -0.05) is 20.3 Å². The van der Waals surface area contributed by atoms with E-state index >= 15 is 0 Å². The predicted octanol–water partition coefficient (Wildman–Crippen LogP) is 1.78. The highest BCUT2D eigenvalue weighted by Crippen LogP contribution is 2.26. The van der Waals surface area contributed by atoms with Crippen molar-refractivity contribution in [3.05, 3.63) is 10.6 Å². The number of anilines is 1. The second-order valence-corrected chi connectivity index (χ2v) is 7.04. The van der Waals surface area contributed by atoms with Gasteiger partial charge in [-0.05, 0) is 19.8 Å². The van der Waals surface area contributed by atoms with E-state index in [1.54, 1.807) is 11.3 Å². The highest BCUT2D eigenvalue weighted by Gasteiger charge is 2.28. The van der Waals surface area contributed by atoms with Gasteiger partial charge in [0.05, 0.1) is 11.7 Å². The van der Waals surface area contributed by atoms with E-state index in [1.165, 1.54) is 4.88 Å². The number of piperazine rings is 1. The van der Waals surface area contributed by atoms with Crippen LogP contribution in [0.5, 0.6) is 0 Å². The fourth-order valence-corrected chi connectivity index (χ4v) is 3.38. The molecule has 1 aliphatic heterocycles. The van der Waals surface area contributed by atoms with Gasteiger partial charge in [-0.15, -0.1) is 11.3 Å². The predicted molar refractivity (Wildman–Crippen MR) is 87.8 cm³/mol. The molecule has 1 saturated heterocycles. The first-order valence-corrected chi connectivity index (χ1v) is 8.49. The number of hydrogen-bond donors (Lipinski definition) is 1. The summed E-state index contributed by atoms with van der Waals surface area (Å²) >= 11 is 1.73. The Bertz CT molecular complexity index is 474. The third-order valence-corrected chi connectivity index (χ3v) is 5.55. The number of thiazole rings is 1. The van der Waals surface area contributed by atoms with Crippen molar-refractivity contribution in [2.45, 2.75) is 40.2 Å². The van der Waals surface area contributed by atoms with Crippen molar-refractivity contribution < 1.29 is 4.79 Å². The van der Waals surface area contributed by atoms with Crippen molar-refractivity contribution in [2.24, 2.45) is 11.7 Å². The van der Waals surface area contributed by atoms with Gasteiger partial charge in [-0.25, -0.2) is 4.98 Å². The summed E-state index contributed by atoms with van der Waals surface area (Å²) in [6.45, 7) is 11.4. The molecule has 2 rings (SSSR count). The molecular weight excluding hydrogens is 284 g/mol. The molecule has 6 heteroatoms. The van der Waals surface area contributed by atoms with Gasteiger partial charge < -0.3 is 15.5 Å². The van der Waals surface area contributed by atoms with Gasteiger partial charge in [-0.2, -0.15) is 0 Å². The van der Waals surface area contributed by atoms with Crippen LogP contribution in [0.15, 0.2) is 0 Å². The van der Waals surface area contributed by atoms with Crippen molar-refractivity contribution in [3.63, 3.8) is 0 Å². The maximum absolute atomic E-state index is 12.4. The number of hydrogen-bond acceptors (Lipinski definition) is 5. The van der Waals surface area contributed by atoms with E-state index in [2.05, 4.69) is 23.7 Å². The van der Waals surface area contributed by atoms with Crippen molar-refractivity contribution in [2.75, 3.05) is 31.1 Å². The summed E-state index contributed by atoms with van der Waals surface area (Å²) in [5.41, 5.74) is 7.16. The third kappa shape index (κ3) is 3.55. The summed E-state index contributed by atoms with van der Waals surface area (Å²) < 4.78 is 0. The van der Waals surface area contributed by atoms with Crippen LogP contribution < -0.4 is 10.6 Å². The Morgan fingerprint density at radius 2 is 1.95 bits per heavy atom. The van der Waals surface area contributed by atoms with Crippen LogP contribution in [0.4, 0.5) is 5.13 Å². The summed E-state index contributed by atoms with van der Waals surface area (Å²) in [5.74, 6) is 0.329. The smallest absolute Gasteiger partial charge is 0.239 e. The van der Waals surface area contributed by atoms with Crippen LogP contribution >= 0.6 is 11.3 Å². The van der Waals surface area contributed by atoms with E-state index in [4.69, 9.17) is 5.73 Å². The number of amides is 1. The van der Waals surface area contributed by atoms with Crippen LogP contribution in [0, 0.1) is 19.8 Å². The van der Waals surface area contributed by atoms with Gasteiger partial charge in [0, 0.05) is 31.1 Å². The highest BCUT2D eigenvalue weighted by atomic mass is 32.1. The molecule has 0 saturated carbocycles. The molecule has 0 bridgehead atoms. The lowest BCUT2D eigenvalue weighted by Gasteiger charge is -2.36. The maximum Gasteiger partial charge on any atom is 0.239 e. The van der Waals surface area contributed by atoms with E-state index < -0.39 is 0 Å². The van der Waals surface area contributed by atoms with Crippen LogP contribution in [-0.4, -0.2) is 48.0 Å². The molecule has 0 aromatic carbocycles. The summed E-state index contributed by atoms with van der Waals surface area (Å²) in [5, 5.41) is 1.07. The number of carbonyl (C=O) groups is 1. The molecular formula is C15H26N4OS. The number of aromatic nitrogens is 1. The fraction of sp³-hybridized carbons (Fsp3) is 0.733. The van der Waals surface area contributed by atoms with Crippen LogP contribution in [0.25, 0.3) is 0 Å². The van der Waals surface area contributed by atoms with E-state index in [0.717, 1.165) is 43.4 Å². The van der Waals surface area contributed by atoms with Crippen LogP contribution in [0.1, 0.15) is 30.8 Å². The average molecular weight is 310 g/mol. The molecule has 5 nitrogen and oxygen atoms in total. The van der Waals surface area contributed by atoms with Crippen LogP contribution in [0.2, 0.25) is 0 Å².